The Morgan fingerprint density at radius 1 is 1.00 bits per heavy atom. The molecule has 5 heteroatoms. The van der Waals surface area contributed by atoms with E-state index in [-0.39, 0.29) is 0 Å². The van der Waals surface area contributed by atoms with Crippen LogP contribution in [-0.2, 0) is 0 Å². The summed E-state index contributed by atoms with van der Waals surface area (Å²) in [6, 6.07) is 15.9. The normalized spacial score (nSPS) is 10.7. The van der Waals surface area contributed by atoms with E-state index in [1.54, 1.807) is 6.20 Å². The molecule has 0 radical (unpaired) electrons. The van der Waals surface area contributed by atoms with Crippen molar-refractivity contribution in [3.05, 3.63) is 77.9 Å². The molecule has 0 aliphatic rings. The van der Waals surface area contributed by atoms with Crippen LogP contribution in [0.25, 0.3) is 33.0 Å². The molecule has 0 fully saturated rings. The zero-order valence-corrected chi connectivity index (χ0v) is 14.6. The van der Waals surface area contributed by atoms with Gasteiger partial charge in [-0.05, 0) is 12.5 Å². The summed E-state index contributed by atoms with van der Waals surface area (Å²) in [6.45, 7) is 9.23. The van der Waals surface area contributed by atoms with Crippen LogP contribution < -0.4 is 5.32 Å². The van der Waals surface area contributed by atoms with Crippen LogP contribution in [0.4, 0.5) is 11.5 Å². The number of nitrogens with one attached hydrogen (secondary N) is 1. The molecular weight excluding hydrogens is 322 g/mol. The zero-order chi connectivity index (χ0) is 18.1. The molecule has 0 atom stereocenters. The lowest BCUT2D eigenvalue weighted by atomic mass is 10.0. The Morgan fingerprint density at radius 3 is 2.35 bits per heavy atom. The van der Waals surface area contributed by atoms with Gasteiger partial charge in [0, 0.05) is 25.0 Å². The van der Waals surface area contributed by atoms with Crippen LogP contribution in [0.2, 0.25) is 0 Å². The first-order valence-corrected chi connectivity index (χ1v) is 8.31. The van der Waals surface area contributed by atoms with Crippen molar-refractivity contribution < 1.29 is 0 Å². The number of hydrogen-bond donors (Lipinski definition) is 1. The molecule has 26 heavy (non-hydrogen) atoms. The summed E-state index contributed by atoms with van der Waals surface area (Å²) in [7, 11) is 1.84. The predicted octanol–water partition coefficient (Wildman–Crippen LogP) is 4.96. The van der Waals surface area contributed by atoms with Crippen molar-refractivity contribution >= 4 is 17.2 Å². The van der Waals surface area contributed by atoms with Gasteiger partial charge < -0.3 is 5.32 Å². The lowest BCUT2D eigenvalue weighted by Crippen LogP contribution is -2.04. The topological polar surface area (TPSA) is 46.6 Å². The Bertz CT molecular complexity index is 1120. The average molecular weight is 339 g/mol. The lowest BCUT2D eigenvalue weighted by Gasteiger charge is -2.15. The second-order valence-electron chi connectivity index (χ2n) is 6.05. The first-order chi connectivity index (χ1) is 12.7. The van der Waals surface area contributed by atoms with Gasteiger partial charge in [-0.3, -0.25) is 4.40 Å². The Labute approximate surface area is 151 Å². The maximum Gasteiger partial charge on any atom is 0.187 e. The first-order valence-electron chi connectivity index (χ1n) is 8.31. The molecular formula is C21H17N5. The highest BCUT2D eigenvalue weighted by atomic mass is 15.1. The van der Waals surface area contributed by atoms with Gasteiger partial charge in [-0.15, -0.1) is 0 Å². The number of aromatic nitrogens is 3. The van der Waals surface area contributed by atoms with Gasteiger partial charge in [0.2, 0.25) is 0 Å². The molecule has 0 aliphatic heterocycles. The van der Waals surface area contributed by atoms with Crippen molar-refractivity contribution in [2.24, 2.45) is 0 Å². The van der Waals surface area contributed by atoms with Crippen molar-refractivity contribution in [3.63, 3.8) is 0 Å². The number of aryl methyl sites for hydroxylation is 1. The molecule has 4 rings (SSSR count). The number of imidazole rings is 1. The molecule has 0 spiro atoms. The van der Waals surface area contributed by atoms with E-state index >= 15 is 0 Å². The smallest absolute Gasteiger partial charge is 0.187 e. The fourth-order valence-electron chi connectivity index (χ4n) is 3.04. The van der Waals surface area contributed by atoms with Crippen LogP contribution in [0.1, 0.15) is 5.56 Å². The number of anilines is 1. The molecule has 1 N–H and O–H groups in total. The van der Waals surface area contributed by atoms with Gasteiger partial charge in [-0.25, -0.2) is 14.8 Å². The summed E-state index contributed by atoms with van der Waals surface area (Å²) < 4.78 is 2.06. The van der Waals surface area contributed by atoms with Gasteiger partial charge in [0.25, 0.3) is 0 Å². The van der Waals surface area contributed by atoms with E-state index in [4.69, 9.17) is 11.6 Å². The van der Waals surface area contributed by atoms with Gasteiger partial charge in [0.15, 0.2) is 17.2 Å². The fraction of sp³-hybridized carbons (Fsp3) is 0.0952. The van der Waals surface area contributed by atoms with Gasteiger partial charge >= 0.3 is 0 Å². The van der Waals surface area contributed by atoms with Crippen LogP contribution in [-0.4, -0.2) is 21.4 Å². The van der Waals surface area contributed by atoms with E-state index in [0.717, 1.165) is 34.0 Å². The highest BCUT2D eigenvalue weighted by Crippen LogP contribution is 2.34. The van der Waals surface area contributed by atoms with Gasteiger partial charge in [-0.2, -0.15) is 0 Å². The molecule has 0 unspecified atom stereocenters. The third-order valence-corrected chi connectivity index (χ3v) is 4.37. The summed E-state index contributed by atoms with van der Waals surface area (Å²) in [6.07, 6.45) is 3.73. The number of hydrogen-bond acceptors (Lipinski definition) is 3. The fourth-order valence-corrected chi connectivity index (χ4v) is 3.04. The van der Waals surface area contributed by atoms with E-state index in [0.29, 0.717) is 5.69 Å². The minimum Gasteiger partial charge on any atom is -0.370 e. The number of rotatable bonds is 3. The molecule has 2 aromatic heterocycles. The zero-order valence-electron chi connectivity index (χ0n) is 14.6. The molecule has 0 bridgehead atoms. The third-order valence-electron chi connectivity index (χ3n) is 4.37. The predicted molar refractivity (Wildman–Crippen MR) is 104 cm³/mol. The second-order valence-corrected chi connectivity index (χ2v) is 6.05. The van der Waals surface area contributed by atoms with E-state index in [9.17, 15) is 0 Å². The van der Waals surface area contributed by atoms with Crippen LogP contribution in [0, 0.1) is 13.5 Å². The summed E-state index contributed by atoms with van der Waals surface area (Å²) in [5, 5.41) is 3.13. The van der Waals surface area contributed by atoms with Crippen molar-refractivity contribution in [2.75, 3.05) is 12.4 Å². The summed E-state index contributed by atoms with van der Waals surface area (Å²) in [5.74, 6) is 0.718. The highest BCUT2D eigenvalue weighted by molar-refractivity contribution is 5.84. The quantitative estimate of drug-likeness (QED) is 0.536. The molecule has 0 aliphatic carbocycles. The van der Waals surface area contributed by atoms with Crippen molar-refractivity contribution in [2.45, 2.75) is 6.92 Å². The van der Waals surface area contributed by atoms with E-state index in [2.05, 4.69) is 50.7 Å². The van der Waals surface area contributed by atoms with E-state index in [1.807, 2.05) is 37.5 Å². The van der Waals surface area contributed by atoms with Crippen molar-refractivity contribution in [1.29, 1.82) is 0 Å². The minimum absolute atomic E-state index is 0.614. The molecule has 2 heterocycles. The van der Waals surface area contributed by atoms with Crippen LogP contribution >= 0.6 is 0 Å². The maximum absolute atomic E-state index is 7.15. The van der Waals surface area contributed by atoms with Crippen LogP contribution in [0.15, 0.2) is 60.9 Å². The maximum atomic E-state index is 7.15. The Morgan fingerprint density at radius 2 is 1.69 bits per heavy atom. The number of benzene rings is 2. The minimum atomic E-state index is 0.614. The van der Waals surface area contributed by atoms with E-state index < -0.39 is 0 Å². The Hall–Kier alpha value is -3.65. The van der Waals surface area contributed by atoms with Gasteiger partial charge in [0.05, 0.1) is 18.0 Å². The number of fused-ring (bicyclic) bond motifs is 1. The third kappa shape index (κ3) is 2.58. The largest absolute Gasteiger partial charge is 0.370 e. The molecule has 126 valence electrons. The molecule has 0 amide bonds. The van der Waals surface area contributed by atoms with Crippen LogP contribution in [0.3, 0.4) is 0 Å². The molecule has 0 saturated carbocycles. The van der Waals surface area contributed by atoms with Gasteiger partial charge in [0.1, 0.15) is 0 Å². The summed E-state index contributed by atoms with van der Waals surface area (Å²) in [5.41, 5.74) is 6.46. The number of nitrogens with zero attached hydrogens (tertiary/aromatic N) is 4. The average Bonchev–Trinajstić information content (AvgIpc) is 3.17. The lowest BCUT2D eigenvalue weighted by molar-refractivity contribution is 1.13. The first kappa shape index (κ1) is 15.9. The Kier molecular flexibility index (Phi) is 3.86. The summed E-state index contributed by atoms with van der Waals surface area (Å²) >= 11 is 0. The second kappa shape index (κ2) is 6.34. The van der Waals surface area contributed by atoms with E-state index in [1.165, 1.54) is 5.56 Å². The highest BCUT2D eigenvalue weighted by Gasteiger charge is 2.17. The van der Waals surface area contributed by atoms with Crippen LogP contribution in [0.5, 0.6) is 0 Å². The van der Waals surface area contributed by atoms with Crippen molar-refractivity contribution in [3.8, 4) is 22.5 Å². The Balaban J connectivity index is 2.05. The van der Waals surface area contributed by atoms with Gasteiger partial charge in [-0.1, -0.05) is 54.1 Å². The SMILES string of the molecule is [C-]#[N+]c1ccc(-c2nc(NC)c3nccn3c2-c2ccc(C)cc2)cc1. The van der Waals surface area contributed by atoms with Crippen molar-refractivity contribution in [1.82, 2.24) is 14.4 Å². The standard InChI is InChI=1S/C21H17N5/c1-14-4-6-16(7-5-14)19-18(15-8-10-17(22-2)11-9-15)25-20(23-3)21-24-12-13-26(19)21/h4-13H,1,3H3,(H,23,25). The molecule has 4 aromatic rings. The summed E-state index contributed by atoms with van der Waals surface area (Å²) in [4.78, 5) is 12.8. The monoisotopic (exact) mass is 339 g/mol. The molecule has 0 saturated heterocycles. The molecule has 5 nitrogen and oxygen atoms in total. The molecule has 2 aromatic carbocycles.